The molecule has 0 saturated carbocycles. The van der Waals surface area contributed by atoms with Gasteiger partial charge in [0.2, 0.25) is 5.91 Å². The molecule has 1 aliphatic rings. The van der Waals surface area contributed by atoms with Crippen LogP contribution in [0.4, 0.5) is 0 Å². The van der Waals surface area contributed by atoms with Crippen molar-refractivity contribution in [2.45, 2.75) is 13.3 Å². The summed E-state index contributed by atoms with van der Waals surface area (Å²) in [6.45, 7) is 2.54. The summed E-state index contributed by atoms with van der Waals surface area (Å²) in [7, 11) is 0. The van der Waals surface area contributed by atoms with E-state index in [4.69, 9.17) is 10.00 Å². The lowest BCUT2D eigenvalue weighted by Gasteiger charge is -2.13. The van der Waals surface area contributed by atoms with Crippen LogP contribution < -0.4 is 4.74 Å². The molecule has 0 aliphatic carbocycles. The van der Waals surface area contributed by atoms with Gasteiger partial charge in [-0.15, -0.1) is 0 Å². The molecule has 1 amide bonds. The van der Waals surface area contributed by atoms with Gasteiger partial charge in [0.05, 0.1) is 17.6 Å². The van der Waals surface area contributed by atoms with Crippen LogP contribution in [0.15, 0.2) is 48.5 Å². The number of hydrogen-bond donors (Lipinski definition) is 0. The fourth-order valence-corrected chi connectivity index (χ4v) is 2.89. The average Bonchev–Trinajstić information content (AvgIpc) is 3.13. The molecule has 0 unspecified atom stereocenters. The summed E-state index contributed by atoms with van der Waals surface area (Å²) >= 11 is 0. The number of ether oxygens (including phenoxy) is 1. The van der Waals surface area contributed by atoms with E-state index in [1.54, 1.807) is 29.2 Å². The number of rotatable bonds is 3. The highest BCUT2D eigenvalue weighted by molar-refractivity contribution is 5.79. The van der Waals surface area contributed by atoms with Gasteiger partial charge >= 0.3 is 5.97 Å². The third kappa shape index (κ3) is 3.86. The molecule has 1 aliphatic heterocycles. The van der Waals surface area contributed by atoms with Gasteiger partial charge in [-0.1, -0.05) is 24.3 Å². The number of hydrogen-bond acceptors (Lipinski definition) is 4. The molecule has 126 valence electrons. The third-order valence-electron chi connectivity index (χ3n) is 4.39. The number of benzene rings is 2. The van der Waals surface area contributed by atoms with Crippen LogP contribution in [-0.4, -0.2) is 29.9 Å². The van der Waals surface area contributed by atoms with E-state index >= 15 is 0 Å². The van der Waals surface area contributed by atoms with Crippen molar-refractivity contribution in [3.05, 3.63) is 54.1 Å². The van der Waals surface area contributed by atoms with Gasteiger partial charge in [-0.2, -0.15) is 5.26 Å². The standard InChI is InChI=1S/C20H18N2O3/c1-14(23)22-11-10-18(13-22)20(24)25-19-8-6-17(7-9-19)16-4-2-15(12-21)3-5-16/h2-9,18H,10-11,13H2,1H3/t18-/m1/s1. The molecule has 5 nitrogen and oxygen atoms in total. The molecule has 0 spiro atoms. The second-order valence-corrected chi connectivity index (χ2v) is 6.09. The Balaban J connectivity index is 1.63. The first kappa shape index (κ1) is 16.7. The molecule has 0 N–H and O–H groups in total. The average molecular weight is 334 g/mol. The maximum absolute atomic E-state index is 12.2. The SMILES string of the molecule is CC(=O)N1CC[C@@H](C(=O)Oc2ccc(-c3ccc(C#N)cc3)cc2)C1. The van der Waals surface area contributed by atoms with Crippen molar-refractivity contribution in [3.63, 3.8) is 0 Å². The van der Waals surface area contributed by atoms with E-state index in [1.807, 2.05) is 24.3 Å². The smallest absolute Gasteiger partial charge is 0.316 e. The molecule has 1 heterocycles. The Morgan fingerprint density at radius 2 is 1.68 bits per heavy atom. The first-order chi connectivity index (χ1) is 12.1. The molecule has 0 bridgehead atoms. The highest BCUT2D eigenvalue weighted by Gasteiger charge is 2.31. The van der Waals surface area contributed by atoms with Crippen LogP contribution in [0.1, 0.15) is 18.9 Å². The van der Waals surface area contributed by atoms with Crippen molar-refractivity contribution in [2.24, 2.45) is 5.92 Å². The van der Waals surface area contributed by atoms with Gasteiger partial charge in [0.1, 0.15) is 5.75 Å². The summed E-state index contributed by atoms with van der Waals surface area (Å²) in [5.74, 6) is -0.0808. The van der Waals surface area contributed by atoms with E-state index in [0.29, 0.717) is 30.8 Å². The molecule has 5 heteroatoms. The molecular formula is C20H18N2O3. The highest BCUT2D eigenvalue weighted by atomic mass is 16.5. The quantitative estimate of drug-likeness (QED) is 0.639. The zero-order valence-corrected chi connectivity index (χ0v) is 13.9. The number of esters is 1. The number of likely N-dealkylation sites (tertiary alicyclic amines) is 1. The second kappa shape index (κ2) is 7.18. The van der Waals surface area contributed by atoms with Crippen LogP contribution in [0, 0.1) is 17.2 Å². The number of carbonyl (C=O) groups excluding carboxylic acids is 2. The summed E-state index contributed by atoms with van der Waals surface area (Å²) in [4.78, 5) is 25.2. The molecule has 2 aromatic carbocycles. The van der Waals surface area contributed by atoms with Crippen LogP contribution in [0.25, 0.3) is 11.1 Å². The Morgan fingerprint density at radius 1 is 1.08 bits per heavy atom. The van der Waals surface area contributed by atoms with E-state index < -0.39 is 0 Å². The van der Waals surface area contributed by atoms with E-state index in [1.165, 1.54) is 6.92 Å². The molecule has 1 atom stereocenters. The Morgan fingerprint density at radius 3 is 2.20 bits per heavy atom. The summed E-state index contributed by atoms with van der Waals surface area (Å²) in [5, 5.41) is 8.84. The van der Waals surface area contributed by atoms with Crippen LogP contribution in [0.3, 0.4) is 0 Å². The van der Waals surface area contributed by atoms with E-state index in [9.17, 15) is 9.59 Å². The van der Waals surface area contributed by atoms with Gasteiger partial charge in [-0.25, -0.2) is 0 Å². The van der Waals surface area contributed by atoms with Crippen LogP contribution in [0.5, 0.6) is 5.75 Å². The number of nitrogens with zero attached hydrogens (tertiary/aromatic N) is 2. The van der Waals surface area contributed by atoms with Crippen molar-refractivity contribution < 1.29 is 14.3 Å². The molecular weight excluding hydrogens is 316 g/mol. The Hall–Kier alpha value is -3.13. The lowest BCUT2D eigenvalue weighted by Crippen LogP contribution is -2.29. The van der Waals surface area contributed by atoms with Gasteiger partial charge in [0.15, 0.2) is 0 Å². The zero-order chi connectivity index (χ0) is 17.8. The van der Waals surface area contributed by atoms with Crippen LogP contribution in [0.2, 0.25) is 0 Å². The minimum Gasteiger partial charge on any atom is -0.426 e. The molecule has 0 radical (unpaired) electrons. The van der Waals surface area contributed by atoms with Crippen molar-refractivity contribution in [1.82, 2.24) is 4.90 Å². The fraction of sp³-hybridized carbons (Fsp3) is 0.250. The Bertz CT molecular complexity index is 820. The van der Waals surface area contributed by atoms with E-state index in [0.717, 1.165) is 11.1 Å². The third-order valence-corrected chi connectivity index (χ3v) is 4.39. The summed E-state index contributed by atoms with van der Waals surface area (Å²) in [5.41, 5.74) is 2.59. The first-order valence-corrected chi connectivity index (χ1v) is 8.14. The molecule has 1 fully saturated rings. The Kier molecular flexibility index (Phi) is 4.80. The van der Waals surface area contributed by atoms with Gasteiger partial charge in [0.25, 0.3) is 0 Å². The molecule has 3 rings (SSSR count). The van der Waals surface area contributed by atoms with Crippen molar-refractivity contribution in [3.8, 4) is 22.9 Å². The molecule has 0 aromatic heterocycles. The first-order valence-electron chi connectivity index (χ1n) is 8.14. The largest absolute Gasteiger partial charge is 0.426 e. The minimum absolute atomic E-state index is 0.0120. The number of carbonyl (C=O) groups is 2. The van der Waals surface area contributed by atoms with Crippen LogP contribution >= 0.6 is 0 Å². The zero-order valence-electron chi connectivity index (χ0n) is 13.9. The Labute approximate surface area is 146 Å². The van der Waals surface area contributed by atoms with E-state index in [-0.39, 0.29) is 17.8 Å². The number of nitriles is 1. The van der Waals surface area contributed by atoms with Gasteiger partial charge in [0, 0.05) is 20.0 Å². The maximum Gasteiger partial charge on any atom is 0.316 e. The summed E-state index contributed by atoms with van der Waals surface area (Å²) < 4.78 is 5.43. The second-order valence-electron chi connectivity index (χ2n) is 6.09. The van der Waals surface area contributed by atoms with Crippen LogP contribution in [-0.2, 0) is 9.59 Å². The molecule has 1 saturated heterocycles. The number of amides is 1. The molecule has 2 aromatic rings. The lowest BCUT2D eigenvalue weighted by molar-refractivity contribution is -0.138. The molecule has 25 heavy (non-hydrogen) atoms. The van der Waals surface area contributed by atoms with E-state index in [2.05, 4.69) is 6.07 Å². The minimum atomic E-state index is -0.296. The highest BCUT2D eigenvalue weighted by Crippen LogP contribution is 2.24. The van der Waals surface area contributed by atoms with Crippen molar-refractivity contribution in [1.29, 1.82) is 5.26 Å². The summed E-state index contributed by atoms with van der Waals surface area (Å²) in [6, 6.07) is 16.7. The van der Waals surface area contributed by atoms with Gasteiger partial charge in [-0.3, -0.25) is 9.59 Å². The van der Waals surface area contributed by atoms with Crippen molar-refractivity contribution >= 4 is 11.9 Å². The van der Waals surface area contributed by atoms with Gasteiger partial charge < -0.3 is 9.64 Å². The van der Waals surface area contributed by atoms with Gasteiger partial charge in [-0.05, 0) is 41.8 Å². The fourth-order valence-electron chi connectivity index (χ4n) is 2.89. The van der Waals surface area contributed by atoms with Crippen molar-refractivity contribution in [2.75, 3.05) is 13.1 Å². The summed E-state index contributed by atoms with van der Waals surface area (Å²) in [6.07, 6.45) is 0.641. The predicted molar refractivity (Wildman–Crippen MR) is 92.6 cm³/mol. The maximum atomic E-state index is 12.2. The monoisotopic (exact) mass is 334 g/mol. The topological polar surface area (TPSA) is 70.4 Å². The predicted octanol–water partition coefficient (Wildman–Crippen LogP) is 3.00. The normalized spacial score (nSPS) is 16.3. The lowest BCUT2D eigenvalue weighted by atomic mass is 10.0.